The minimum atomic E-state index is -3.95. The van der Waals surface area contributed by atoms with Crippen LogP contribution in [0.1, 0.15) is 52.2 Å². The van der Waals surface area contributed by atoms with E-state index in [1.807, 2.05) is 16.9 Å². The summed E-state index contributed by atoms with van der Waals surface area (Å²) in [4.78, 5) is 14.9. The molecule has 7 nitrogen and oxygen atoms in total. The van der Waals surface area contributed by atoms with Crippen molar-refractivity contribution in [3.05, 3.63) is 68.4 Å². The number of ether oxygens (including phenoxy) is 1. The van der Waals surface area contributed by atoms with E-state index in [9.17, 15) is 13.2 Å². The van der Waals surface area contributed by atoms with E-state index in [2.05, 4.69) is 4.90 Å². The molecule has 1 unspecified atom stereocenters. The molecular weight excluding hydrogens is 528 g/mol. The molecule has 3 aliphatic rings. The maximum absolute atomic E-state index is 15.1. The fraction of sp³-hybridized carbons (Fsp3) is 0.480. The Kier molecular flexibility index (Phi) is 7.59. The molecule has 0 aromatic heterocycles. The summed E-state index contributed by atoms with van der Waals surface area (Å²) in [6, 6.07) is 8.48. The molecule has 1 atom stereocenters. The Bertz CT molecular complexity index is 1270. The van der Waals surface area contributed by atoms with Gasteiger partial charge < -0.3 is 4.74 Å². The van der Waals surface area contributed by atoms with Crippen molar-refractivity contribution in [3.8, 4) is 0 Å². The van der Waals surface area contributed by atoms with Gasteiger partial charge in [0.25, 0.3) is 5.91 Å². The van der Waals surface area contributed by atoms with E-state index in [1.54, 1.807) is 6.07 Å². The third kappa shape index (κ3) is 5.87. The van der Waals surface area contributed by atoms with E-state index < -0.39 is 21.9 Å². The summed E-state index contributed by atoms with van der Waals surface area (Å²) in [5, 5.41) is 1.02. The predicted molar refractivity (Wildman–Crippen MR) is 136 cm³/mol. The van der Waals surface area contributed by atoms with Gasteiger partial charge in [-0.1, -0.05) is 29.3 Å². The predicted octanol–water partition coefficient (Wildman–Crippen LogP) is 4.13. The minimum absolute atomic E-state index is 0.0398. The van der Waals surface area contributed by atoms with Gasteiger partial charge in [0.2, 0.25) is 0 Å². The molecule has 11 heteroatoms. The van der Waals surface area contributed by atoms with Crippen LogP contribution < -0.4 is 4.72 Å². The molecule has 1 aliphatic carbocycles. The molecule has 36 heavy (non-hydrogen) atoms. The molecule has 1 saturated carbocycles. The van der Waals surface area contributed by atoms with Crippen molar-refractivity contribution in [2.75, 3.05) is 32.8 Å². The van der Waals surface area contributed by atoms with Crippen molar-refractivity contribution in [2.24, 2.45) is 0 Å². The number of rotatable bonds is 8. The molecule has 0 bridgehead atoms. The molecule has 0 radical (unpaired) electrons. The molecule has 2 heterocycles. The Morgan fingerprint density at radius 3 is 2.56 bits per heavy atom. The van der Waals surface area contributed by atoms with Crippen LogP contribution in [0.2, 0.25) is 10.0 Å². The number of nitrogens with one attached hydrogen (secondary N) is 1. The van der Waals surface area contributed by atoms with Crippen molar-refractivity contribution in [1.29, 1.82) is 0 Å². The van der Waals surface area contributed by atoms with E-state index in [-0.39, 0.29) is 17.6 Å². The van der Waals surface area contributed by atoms with Crippen molar-refractivity contribution < 1.29 is 22.3 Å². The van der Waals surface area contributed by atoms with Crippen LogP contribution in [0, 0.1) is 5.82 Å². The van der Waals surface area contributed by atoms with Crippen LogP contribution in [0.3, 0.4) is 0 Å². The highest BCUT2D eigenvalue weighted by Crippen LogP contribution is 2.43. The average Bonchev–Trinajstić information content (AvgIpc) is 3.60. The molecule has 0 spiro atoms. The summed E-state index contributed by atoms with van der Waals surface area (Å²) in [6.45, 7) is 3.19. The first-order valence-electron chi connectivity index (χ1n) is 12.1. The van der Waals surface area contributed by atoms with Gasteiger partial charge in [-0.15, -0.1) is 0 Å². The normalized spacial score (nSPS) is 21.2. The number of hydrogen-bond donors (Lipinski definition) is 1. The van der Waals surface area contributed by atoms with Gasteiger partial charge in [0.15, 0.2) is 0 Å². The Morgan fingerprint density at radius 1 is 1.11 bits per heavy atom. The van der Waals surface area contributed by atoms with Crippen LogP contribution >= 0.6 is 23.2 Å². The second-order valence-corrected chi connectivity index (χ2v) is 12.2. The van der Waals surface area contributed by atoms with E-state index in [0.29, 0.717) is 55.8 Å². The summed E-state index contributed by atoms with van der Waals surface area (Å²) in [6.07, 6.45) is 3.33. The van der Waals surface area contributed by atoms with E-state index in [0.717, 1.165) is 36.0 Å². The lowest BCUT2D eigenvalue weighted by molar-refractivity contribution is -0.0305. The highest BCUT2D eigenvalue weighted by molar-refractivity contribution is 7.87. The minimum Gasteiger partial charge on any atom is -0.375 e. The first-order chi connectivity index (χ1) is 17.2. The van der Waals surface area contributed by atoms with Crippen LogP contribution in [0.4, 0.5) is 4.39 Å². The molecule has 5 rings (SSSR count). The topological polar surface area (TPSA) is 79.0 Å². The SMILES string of the molecule is O=C(NS(=O)(=O)N1CCC1)c1cc(C2CC2)c(CN2CCOC(Cc3ccc(Cl)c(Cl)c3)C2)cc1F. The summed E-state index contributed by atoms with van der Waals surface area (Å²) >= 11 is 12.2. The number of hydrogen-bond acceptors (Lipinski definition) is 5. The largest absolute Gasteiger partial charge is 0.375 e. The number of morpholine rings is 1. The summed E-state index contributed by atoms with van der Waals surface area (Å²) in [7, 11) is -3.95. The highest BCUT2D eigenvalue weighted by Gasteiger charge is 2.33. The van der Waals surface area contributed by atoms with Gasteiger partial charge in [-0.3, -0.25) is 9.69 Å². The zero-order valence-corrected chi connectivity index (χ0v) is 22.0. The fourth-order valence-electron chi connectivity index (χ4n) is 4.70. The van der Waals surface area contributed by atoms with Crippen LogP contribution in [0.15, 0.2) is 30.3 Å². The number of benzene rings is 2. The van der Waals surface area contributed by atoms with Crippen molar-refractivity contribution >= 4 is 39.3 Å². The van der Waals surface area contributed by atoms with Gasteiger partial charge in [-0.05, 0) is 72.6 Å². The lowest BCUT2D eigenvalue weighted by Gasteiger charge is -2.33. The third-order valence-electron chi connectivity index (χ3n) is 6.93. The Labute approximate surface area is 220 Å². The summed E-state index contributed by atoms with van der Waals surface area (Å²) < 4.78 is 48.8. The molecule has 2 aliphatic heterocycles. The van der Waals surface area contributed by atoms with Crippen LogP contribution in [0.25, 0.3) is 0 Å². The lowest BCUT2D eigenvalue weighted by atomic mass is 9.98. The number of carbonyl (C=O) groups is 1. The average molecular weight is 556 g/mol. The van der Waals surface area contributed by atoms with Gasteiger partial charge in [0.05, 0.1) is 28.3 Å². The van der Waals surface area contributed by atoms with E-state index in [4.69, 9.17) is 27.9 Å². The van der Waals surface area contributed by atoms with E-state index >= 15 is 4.39 Å². The molecule has 1 amide bonds. The Hall–Kier alpha value is -1.75. The number of nitrogens with zero attached hydrogens (tertiary/aromatic N) is 2. The van der Waals surface area contributed by atoms with Gasteiger partial charge in [0.1, 0.15) is 5.82 Å². The summed E-state index contributed by atoms with van der Waals surface area (Å²) in [5.74, 6) is -1.39. The van der Waals surface area contributed by atoms with E-state index in [1.165, 1.54) is 16.4 Å². The van der Waals surface area contributed by atoms with Gasteiger partial charge in [-0.25, -0.2) is 9.11 Å². The van der Waals surface area contributed by atoms with Crippen LogP contribution in [-0.4, -0.2) is 62.4 Å². The Morgan fingerprint density at radius 2 is 1.89 bits per heavy atom. The van der Waals surface area contributed by atoms with Gasteiger partial charge >= 0.3 is 10.2 Å². The van der Waals surface area contributed by atoms with Crippen LogP contribution in [-0.2, 0) is 27.9 Å². The molecule has 2 aromatic carbocycles. The monoisotopic (exact) mass is 555 g/mol. The molecule has 1 N–H and O–H groups in total. The second-order valence-electron chi connectivity index (χ2n) is 9.67. The van der Waals surface area contributed by atoms with Crippen molar-refractivity contribution in [2.45, 2.75) is 44.2 Å². The molecule has 2 saturated heterocycles. The third-order valence-corrected chi connectivity index (χ3v) is 9.16. The maximum atomic E-state index is 15.1. The quantitative estimate of drug-likeness (QED) is 0.529. The maximum Gasteiger partial charge on any atom is 0.304 e. The van der Waals surface area contributed by atoms with Gasteiger partial charge in [0, 0.05) is 32.7 Å². The standard InChI is InChI=1S/C25H28Cl2FN3O4S/c26-22-5-2-16(11-23(22)27)10-19-15-30(8-9-35-19)14-18-12-24(28)21(13-20(18)17-3-4-17)25(32)29-36(33,34)31-6-1-7-31/h2,5,11-13,17,19H,1,3-4,6-10,14-15H2,(H,29,32). The summed E-state index contributed by atoms with van der Waals surface area (Å²) in [5.41, 5.74) is 2.54. The number of carbonyl (C=O) groups excluding carboxylic acids is 1. The molecule has 194 valence electrons. The molecule has 3 fully saturated rings. The first-order valence-corrected chi connectivity index (χ1v) is 14.3. The van der Waals surface area contributed by atoms with Crippen molar-refractivity contribution in [1.82, 2.24) is 13.9 Å². The zero-order valence-electron chi connectivity index (χ0n) is 19.7. The van der Waals surface area contributed by atoms with Crippen molar-refractivity contribution in [3.63, 3.8) is 0 Å². The number of amides is 1. The number of halogens is 3. The zero-order chi connectivity index (χ0) is 25.4. The smallest absolute Gasteiger partial charge is 0.304 e. The molecular formula is C25H28Cl2FN3O4S. The highest BCUT2D eigenvalue weighted by atomic mass is 35.5. The Balaban J connectivity index is 1.29. The second kappa shape index (κ2) is 10.6. The van der Waals surface area contributed by atoms with Crippen LogP contribution in [0.5, 0.6) is 0 Å². The van der Waals surface area contributed by atoms with Gasteiger partial charge in [-0.2, -0.15) is 12.7 Å². The first kappa shape index (κ1) is 25.9. The lowest BCUT2D eigenvalue weighted by Crippen LogP contribution is -2.49. The molecule has 2 aromatic rings. The fourth-order valence-corrected chi connectivity index (χ4v) is 6.23.